The number of nitrogens with zero attached hydrogens (tertiary/aromatic N) is 1. The molecule has 19 heavy (non-hydrogen) atoms. The normalized spacial score (nSPS) is 28.3. The number of rotatable bonds is 8. The maximum Gasteiger partial charge on any atom is 0.00794 e. The molecule has 2 unspecified atom stereocenters. The van der Waals surface area contributed by atoms with E-state index in [1.807, 2.05) is 0 Å². The molecule has 0 radical (unpaired) electrons. The van der Waals surface area contributed by atoms with Crippen LogP contribution in [-0.4, -0.2) is 37.1 Å². The van der Waals surface area contributed by atoms with Gasteiger partial charge in [-0.2, -0.15) is 0 Å². The molecule has 2 aliphatic rings. The van der Waals surface area contributed by atoms with Crippen LogP contribution in [0.2, 0.25) is 0 Å². The molecule has 0 bridgehead atoms. The van der Waals surface area contributed by atoms with Crippen molar-refractivity contribution in [2.75, 3.05) is 26.2 Å². The highest BCUT2D eigenvalue weighted by molar-refractivity contribution is 4.95. The van der Waals surface area contributed by atoms with Crippen molar-refractivity contribution in [2.45, 2.75) is 71.8 Å². The van der Waals surface area contributed by atoms with Crippen LogP contribution >= 0.6 is 0 Å². The Balaban J connectivity index is 1.71. The van der Waals surface area contributed by atoms with E-state index in [1.54, 1.807) is 0 Å². The number of hydrogen-bond acceptors (Lipinski definition) is 2. The van der Waals surface area contributed by atoms with Crippen LogP contribution in [0.4, 0.5) is 0 Å². The molecule has 2 fully saturated rings. The van der Waals surface area contributed by atoms with E-state index in [0.29, 0.717) is 11.5 Å². The smallest absolute Gasteiger partial charge is 0.00794 e. The molecule has 2 rings (SSSR count). The first-order valence-corrected chi connectivity index (χ1v) is 8.65. The van der Waals surface area contributed by atoms with Crippen LogP contribution in [0, 0.1) is 11.3 Å². The van der Waals surface area contributed by atoms with Crippen molar-refractivity contribution < 1.29 is 0 Å². The summed E-state index contributed by atoms with van der Waals surface area (Å²) in [6.45, 7) is 12.3. The molecule has 0 aromatic heterocycles. The van der Waals surface area contributed by atoms with Crippen molar-refractivity contribution in [1.29, 1.82) is 0 Å². The first-order chi connectivity index (χ1) is 9.19. The molecule has 1 aliphatic carbocycles. The van der Waals surface area contributed by atoms with Gasteiger partial charge in [-0.25, -0.2) is 0 Å². The Labute approximate surface area is 120 Å². The summed E-state index contributed by atoms with van der Waals surface area (Å²) >= 11 is 0. The van der Waals surface area contributed by atoms with Gasteiger partial charge in [0, 0.05) is 19.1 Å². The molecular weight excluding hydrogens is 232 g/mol. The van der Waals surface area contributed by atoms with Crippen LogP contribution in [0.15, 0.2) is 0 Å². The third kappa shape index (κ3) is 4.46. The van der Waals surface area contributed by atoms with Gasteiger partial charge in [0.1, 0.15) is 0 Å². The maximum absolute atomic E-state index is 3.88. The topological polar surface area (TPSA) is 15.3 Å². The van der Waals surface area contributed by atoms with Gasteiger partial charge in [0.15, 0.2) is 0 Å². The summed E-state index contributed by atoms with van der Waals surface area (Å²) in [5.41, 5.74) is 0.695. The monoisotopic (exact) mass is 266 g/mol. The van der Waals surface area contributed by atoms with Crippen LogP contribution in [-0.2, 0) is 0 Å². The standard InChI is InChI=1S/C17H34N2/c1-4-8-17(9-10-17)14-18-15(3)16-7-6-12-19(13-16)11-5-2/h15-16,18H,4-14H2,1-3H3. The molecule has 2 atom stereocenters. The first kappa shape index (κ1) is 15.3. The van der Waals surface area contributed by atoms with Gasteiger partial charge in [-0.05, 0) is 69.9 Å². The third-order valence-corrected chi connectivity index (χ3v) is 5.33. The largest absolute Gasteiger partial charge is 0.313 e. The molecule has 0 amide bonds. The highest BCUT2D eigenvalue weighted by atomic mass is 15.1. The van der Waals surface area contributed by atoms with Crippen molar-refractivity contribution in [3.63, 3.8) is 0 Å². The van der Waals surface area contributed by atoms with Gasteiger partial charge in [0.05, 0.1) is 0 Å². The average Bonchev–Trinajstić information content (AvgIpc) is 3.17. The summed E-state index contributed by atoms with van der Waals surface area (Å²) in [4.78, 5) is 2.67. The predicted octanol–water partition coefficient (Wildman–Crippen LogP) is 3.67. The lowest BCUT2D eigenvalue weighted by Crippen LogP contribution is -2.45. The van der Waals surface area contributed by atoms with Crippen LogP contribution in [0.5, 0.6) is 0 Å². The first-order valence-electron chi connectivity index (χ1n) is 8.65. The van der Waals surface area contributed by atoms with E-state index in [1.165, 1.54) is 71.1 Å². The zero-order valence-corrected chi connectivity index (χ0v) is 13.4. The third-order valence-electron chi connectivity index (χ3n) is 5.33. The van der Waals surface area contributed by atoms with Gasteiger partial charge in [0.25, 0.3) is 0 Å². The fourth-order valence-electron chi connectivity index (χ4n) is 3.79. The lowest BCUT2D eigenvalue weighted by atomic mass is 9.90. The van der Waals surface area contributed by atoms with Crippen molar-refractivity contribution in [2.24, 2.45) is 11.3 Å². The van der Waals surface area contributed by atoms with E-state index in [9.17, 15) is 0 Å². The molecule has 1 heterocycles. The van der Waals surface area contributed by atoms with Crippen LogP contribution in [0.25, 0.3) is 0 Å². The fourth-order valence-corrected chi connectivity index (χ4v) is 3.79. The van der Waals surface area contributed by atoms with E-state index in [4.69, 9.17) is 0 Å². The Morgan fingerprint density at radius 2 is 2.05 bits per heavy atom. The highest BCUT2D eigenvalue weighted by Crippen LogP contribution is 2.49. The van der Waals surface area contributed by atoms with Crippen molar-refractivity contribution in [3.05, 3.63) is 0 Å². The molecule has 2 nitrogen and oxygen atoms in total. The molecule has 1 aliphatic heterocycles. The molecule has 0 aromatic carbocycles. The molecular formula is C17H34N2. The summed E-state index contributed by atoms with van der Waals surface area (Å²) in [7, 11) is 0. The predicted molar refractivity (Wildman–Crippen MR) is 83.5 cm³/mol. The SMILES string of the molecule is CCCN1CCCC(C(C)NCC2(CCC)CC2)C1. The summed E-state index contributed by atoms with van der Waals surface area (Å²) in [6.07, 6.45) is 9.84. The number of likely N-dealkylation sites (tertiary alicyclic amines) is 1. The highest BCUT2D eigenvalue weighted by Gasteiger charge is 2.41. The number of piperidine rings is 1. The average molecular weight is 266 g/mol. The number of nitrogens with one attached hydrogen (secondary N) is 1. The summed E-state index contributed by atoms with van der Waals surface area (Å²) < 4.78 is 0. The quantitative estimate of drug-likeness (QED) is 0.721. The maximum atomic E-state index is 3.88. The van der Waals surface area contributed by atoms with Gasteiger partial charge < -0.3 is 10.2 Å². The van der Waals surface area contributed by atoms with E-state index >= 15 is 0 Å². The lowest BCUT2D eigenvalue weighted by molar-refractivity contribution is 0.148. The molecule has 0 spiro atoms. The minimum absolute atomic E-state index is 0.695. The number of hydrogen-bond donors (Lipinski definition) is 1. The molecule has 1 saturated carbocycles. The van der Waals surface area contributed by atoms with E-state index in [-0.39, 0.29) is 0 Å². The molecule has 2 heteroatoms. The Morgan fingerprint density at radius 3 is 2.68 bits per heavy atom. The summed E-state index contributed by atoms with van der Waals surface area (Å²) in [5.74, 6) is 0.873. The molecule has 1 saturated heterocycles. The fraction of sp³-hybridized carbons (Fsp3) is 1.00. The van der Waals surface area contributed by atoms with Gasteiger partial charge in [-0.15, -0.1) is 0 Å². The van der Waals surface area contributed by atoms with Crippen LogP contribution in [0.3, 0.4) is 0 Å². The second-order valence-electron chi connectivity index (χ2n) is 7.12. The molecule has 0 aromatic rings. The Hall–Kier alpha value is -0.0800. The van der Waals surface area contributed by atoms with E-state index < -0.39 is 0 Å². The van der Waals surface area contributed by atoms with Crippen molar-refractivity contribution in [1.82, 2.24) is 10.2 Å². The van der Waals surface area contributed by atoms with Crippen LogP contribution < -0.4 is 5.32 Å². The lowest BCUT2D eigenvalue weighted by Gasteiger charge is -2.36. The van der Waals surface area contributed by atoms with Gasteiger partial charge >= 0.3 is 0 Å². The van der Waals surface area contributed by atoms with Crippen LogP contribution in [0.1, 0.15) is 65.7 Å². The minimum atomic E-state index is 0.695. The Kier molecular flexibility index (Phi) is 5.70. The second kappa shape index (κ2) is 7.08. The van der Waals surface area contributed by atoms with E-state index in [2.05, 4.69) is 31.0 Å². The molecule has 112 valence electrons. The zero-order valence-electron chi connectivity index (χ0n) is 13.4. The van der Waals surface area contributed by atoms with Gasteiger partial charge in [-0.3, -0.25) is 0 Å². The summed E-state index contributed by atoms with van der Waals surface area (Å²) in [6, 6.07) is 0.703. The molecule has 1 N–H and O–H groups in total. The second-order valence-corrected chi connectivity index (χ2v) is 7.12. The summed E-state index contributed by atoms with van der Waals surface area (Å²) in [5, 5.41) is 3.88. The van der Waals surface area contributed by atoms with Gasteiger partial charge in [0.2, 0.25) is 0 Å². The minimum Gasteiger partial charge on any atom is -0.313 e. The van der Waals surface area contributed by atoms with Crippen molar-refractivity contribution in [3.8, 4) is 0 Å². The van der Waals surface area contributed by atoms with E-state index in [0.717, 1.165) is 5.92 Å². The van der Waals surface area contributed by atoms with Crippen molar-refractivity contribution >= 4 is 0 Å². The zero-order chi connectivity index (χ0) is 13.7. The Bertz CT molecular complexity index is 258. The Morgan fingerprint density at radius 1 is 1.26 bits per heavy atom. The van der Waals surface area contributed by atoms with Gasteiger partial charge in [-0.1, -0.05) is 20.3 Å².